The van der Waals surface area contributed by atoms with Crippen LogP contribution in [0.5, 0.6) is 0 Å². The van der Waals surface area contributed by atoms with Crippen LogP contribution in [0.4, 0.5) is 5.69 Å². The molecule has 5 nitrogen and oxygen atoms in total. The normalized spacial score (nSPS) is 16.6. The fourth-order valence-corrected chi connectivity index (χ4v) is 3.37. The molecule has 1 unspecified atom stereocenters. The summed E-state index contributed by atoms with van der Waals surface area (Å²) in [7, 11) is 1.75. The zero-order valence-corrected chi connectivity index (χ0v) is 16.6. The molecule has 0 saturated heterocycles. The second kappa shape index (κ2) is 9.03. The standard InChI is InChI=1S/C17H20N4OS.HI/c1-18-17(19-9-12-6-7-23-11-12)20-10-13-8-16(22)21-15-5-3-2-4-14(13)15;/h2-7,11,13H,8-10H2,1H3,(H,21,22)(H2,18,19,20);1H. The van der Waals surface area contributed by atoms with Gasteiger partial charge in [-0.05, 0) is 34.0 Å². The number of para-hydroxylation sites is 1. The molecule has 1 amide bonds. The predicted octanol–water partition coefficient (Wildman–Crippen LogP) is 3.16. The van der Waals surface area contributed by atoms with E-state index in [0.717, 1.165) is 18.2 Å². The van der Waals surface area contributed by atoms with Crippen LogP contribution in [-0.2, 0) is 11.3 Å². The fraction of sp³-hybridized carbons (Fsp3) is 0.294. The largest absolute Gasteiger partial charge is 0.356 e. The Balaban J connectivity index is 0.00000208. The van der Waals surface area contributed by atoms with Crippen LogP contribution in [0.3, 0.4) is 0 Å². The molecule has 3 N–H and O–H groups in total. The maximum absolute atomic E-state index is 11.8. The van der Waals surface area contributed by atoms with Crippen LogP contribution in [0.1, 0.15) is 23.5 Å². The molecule has 0 aliphatic carbocycles. The summed E-state index contributed by atoms with van der Waals surface area (Å²) in [6, 6.07) is 10.1. The zero-order valence-electron chi connectivity index (χ0n) is 13.4. The van der Waals surface area contributed by atoms with Gasteiger partial charge in [0.2, 0.25) is 5.91 Å². The van der Waals surface area contributed by atoms with E-state index in [1.165, 1.54) is 11.1 Å². The Morgan fingerprint density at radius 1 is 1.33 bits per heavy atom. The van der Waals surface area contributed by atoms with Crippen molar-refractivity contribution in [1.82, 2.24) is 10.6 Å². The zero-order chi connectivity index (χ0) is 16.1. The number of amides is 1. The van der Waals surface area contributed by atoms with Gasteiger partial charge in [-0.2, -0.15) is 11.3 Å². The lowest BCUT2D eigenvalue weighted by atomic mass is 9.90. The van der Waals surface area contributed by atoms with Crippen LogP contribution in [-0.4, -0.2) is 25.5 Å². The smallest absolute Gasteiger partial charge is 0.225 e. The first-order valence-electron chi connectivity index (χ1n) is 7.60. The van der Waals surface area contributed by atoms with E-state index in [9.17, 15) is 4.79 Å². The number of carbonyl (C=O) groups is 1. The van der Waals surface area contributed by atoms with E-state index in [1.54, 1.807) is 18.4 Å². The van der Waals surface area contributed by atoms with E-state index in [4.69, 9.17) is 0 Å². The minimum atomic E-state index is 0. The highest BCUT2D eigenvalue weighted by Crippen LogP contribution is 2.31. The Morgan fingerprint density at radius 2 is 2.17 bits per heavy atom. The number of nitrogens with zero attached hydrogens (tertiary/aromatic N) is 1. The maximum Gasteiger partial charge on any atom is 0.225 e. The van der Waals surface area contributed by atoms with Crippen LogP contribution in [0, 0.1) is 0 Å². The van der Waals surface area contributed by atoms with Crippen molar-refractivity contribution in [2.24, 2.45) is 4.99 Å². The lowest BCUT2D eigenvalue weighted by molar-refractivity contribution is -0.116. The van der Waals surface area contributed by atoms with Crippen LogP contribution < -0.4 is 16.0 Å². The topological polar surface area (TPSA) is 65.5 Å². The number of fused-ring (bicyclic) bond motifs is 1. The molecule has 1 aromatic heterocycles. The van der Waals surface area contributed by atoms with Crippen molar-refractivity contribution in [3.63, 3.8) is 0 Å². The summed E-state index contributed by atoms with van der Waals surface area (Å²) in [5.74, 6) is 0.969. The van der Waals surface area contributed by atoms with Crippen LogP contribution >= 0.6 is 35.3 Å². The molecular formula is C17H21IN4OS. The van der Waals surface area contributed by atoms with Gasteiger partial charge in [-0.15, -0.1) is 24.0 Å². The Labute approximate surface area is 163 Å². The predicted molar refractivity (Wildman–Crippen MR) is 110 cm³/mol. The number of nitrogens with one attached hydrogen (secondary N) is 3. The number of aliphatic imine (C=N–C) groups is 1. The van der Waals surface area contributed by atoms with Gasteiger partial charge in [-0.1, -0.05) is 18.2 Å². The van der Waals surface area contributed by atoms with Gasteiger partial charge in [0.25, 0.3) is 0 Å². The Hall–Kier alpha value is -1.61. The summed E-state index contributed by atoms with van der Waals surface area (Å²) in [6.07, 6.45) is 0.492. The lowest BCUT2D eigenvalue weighted by Crippen LogP contribution is -2.40. The molecule has 7 heteroatoms. The van der Waals surface area contributed by atoms with Crippen molar-refractivity contribution in [2.45, 2.75) is 18.9 Å². The highest BCUT2D eigenvalue weighted by atomic mass is 127. The van der Waals surface area contributed by atoms with Gasteiger partial charge in [0, 0.05) is 38.2 Å². The molecular weight excluding hydrogens is 435 g/mol. The summed E-state index contributed by atoms with van der Waals surface area (Å²) >= 11 is 1.68. The minimum absolute atomic E-state index is 0. The number of hydrogen-bond donors (Lipinski definition) is 3. The molecule has 24 heavy (non-hydrogen) atoms. The van der Waals surface area contributed by atoms with Gasteiger partial charge in [-0.3, -0.25) is 9.79 Å². The summed E-state index contributed by atoms with van der Waals surface area (Å²) in [5.41, 5.74) is 3.32. The molecule has 1 aliphatic rings. The molecule has 1 aliphatic heterocycles. The highest BCUT2D eigenvalue weighted by Gasteiger charge is 2.24. The van der Waals surface area contributed by atoms with Crippen LogP contribution in [0.15, 0.2) is 46.1 Å². The van der Waals surface area contributed by atoms with Gasteiger partial charge in [0.05, 0.1) is 0 Å². The molecule has 3 rings (SSSR count). The van der Waals surface area contributed by atoms with Gasteiger partial charge in [-0.25, -0.2) is 0 Å². The van der Waals surface area contributed by atoms with Crippen molar-refractivity contribution in [3.8, 4) is 0 Å². The Bertz CT molecular complexity index is 702. The summed E-state index contributed by atoms with van der Waals surface area (Å²) in [5, 5.41) is 13.7. The average Bonchev–Trinajstić information content (AvgIpc) is 3.08. The van der Waals surface area contributed by atoms with Crippen molar-refractivity contribution in [3.05, 3.63) is 52.2 Å². The lowest BCUT2D eigenvalue weighted by Gasteiger charge is -2.26. The second-order valence-corrected chi connectivity index (χ2v) is 6.25. The monoisotopic (exact) mass is 456 g/mol. The number of hydrogen-bond acceptors (Lipinski definition) is 3. The average molecular weight is 456 g/mol. The van der Waals surface area contributed by atoms with E-state index in [1.807, 2.05) is 18.2 Å². The number of anilines is 1. The molecule has 0 fully saturated rings. The van der Waals surface area contributed by atoms with Crippen molar-refractivity contribution in [2.75, 3.05) is 18.9 Å². The summed E-state index contributed by atoms with van der Waals surface area (Å²) in [4.78, 5) is 16.1. The van der Waals surface area contributed by atoms with E-state index >= 15 is 0 Å². The molecule has 0 spiro atoms. The van der Waals surface area contributed by atoms with Crippen LogP contribution in [0.2, 0.25) is 0 Å². The number of halogens is 1. The molecule has 2 aromatic rings. The van der Waals surface area contributed by atoms with E-state index in [-0.39, 0.29) is 35.8 Å². The third kappa shape index (κ3) is 4.70. The van der Waals surface area contributed by atoms with Crippen LogP contribution in [0.25, 0.3) is 0 Å². The fourth-order valence-electron chi connectivity index (χ4n) is 2.70. The number of guanidine groups is 1. The molecule has 1 aromatic carbocycles. The molecule has 0 bridgehead atoms. The van der Waals surface area contributed by atoms with Gasteiger partial charge < -0.3 is 16.0 Å². The first kappa shape index (κ1) is 18.7. The summed E-state index contributed by atoms with van der Waals surface area (Å²) in [6.45, 7) is 1.42. The second-order valence-electron chi connectivity index (χ2n) is 5.47. The molecule has 0 saturated carbocycles. The molecule has 128 valence electrons. The first-order chi connectivity index (χ1) is 11.3. The van der Waals surface area contributed by atoms with Crippen molar-refractivity contribution >= 4 is 52.9 Å². The van der Waals surface area contributed by atoms with Gasteiger partial charge in [0.15, 0.2) is 5.96 Å². The number of benzene rings is 1. The minimum Gasteiger partial charge on any atom is -0.356 e. The van der Waals surface area contributed by atoms with Gasteiger partial charge >= 0.3 is 0 Å². The van der Waals surface area contributed by atoms with E-state index in [0.29, 0.717) is 13.0 Å². The van der Waals surface area contributed by atoms with Crippen molar-refractivity contribution < 1.29 is 4.79 Å². The summed E-state index contributed by atoms with van der Waals surface area (Å²) < 4.78 is 0. The molecule has 0 radical (unpaired) electrons. The third-order valence-electron chi connectivity index (χ3n) is 3.89. The highest BCUT2D eigenvalue weighted by molar-refractivity contribution is 14.0. The molecule has 2 heterocycles. The Morgan fingerprint density at radius 3 is 2.92 bits per heavy atom. The number of rotatable bonds is 4. The maximum atomic E-state index is 11.8. The molecule has 1 atom stereocenters. The number of thiophene rings is 1. The Kier molecular flexibility index (Phi) is 7.04. The number of carbonyl (C=O) groups excluding carboxylic acids is 1. The van der Waals surface area contributed by atoms with E-state index < -0.39 is 0 Å². The SMILES string of the molecule is CN=C(NCc1ccsc1)NCC1CC(=O)Nc2ccccc21.I. The first-order valence-corrected chi connectivity index (χ1v) is 8.55. The quantitative estimate of drug-likeness (QED) is 0.376. The third-order valence-corrected chi connectivity index (χ3v) is 4.62. The van der Waals surface area contributed by atoms with E-state index in [2.05, 4.69) is 43.8 Å². The van der Waals surface area contributed by atoms with Gasteiger partial charge in [0.1, 0.15) is 0 Å². The van der Waals surface area contributed by atoms with Crippen molar-refractivity contribution in [1.29, 1.82) is 0 Å².